The van der Waals surface area contributed by atoms with Gasteiger partial charge in [-0.05, 0) is 35.4 Å². The Bertz CT molecular complexity index is 687. The highest BCUT2D eigenvalue weighted by Gasteiger charge is 2.19. The highest BCUT2D eigenvalue weighted by atomic mass is 35.5. The van der Waals surface area contributed by atoms with Crippen LogP contribution >= 0.6 is 11.6 Å². The van der Waals surface area contributed by atoms with Crippen LogP contribution in [0.2, 0.25) is 5.02 Å². The molecule has 1 amide bonds. The van der Waals surface area contributed by atoms with Crippen molar-refractivity contribution in [2.45, 2.75) is 12.3 Å². The van der Waals surface area contributed by atoms with E-state index in [0.29, 0.717) is 5.02 Å². The Balaban J connectivity index is 2.23. The third-order valence-corrected chi connectivity index (χ3v) is 3.81. The highest BCUT2D eigenvalue weighted by Crippen LogP contribution is 2.31. The standard InChI is InChI=1S/C18H18ClNO4/c1-24-18(23)11-20-17(22)10-16(12-4-2-6-14(19)8-12)13-5-3-7-15(21)9-13/h2-9,16,21H,10-11H2,1H3,(H,20,22)/t16-/m1/s1. The molecule has 0 heterocycles. The molecule has 0 saturated heterocycles. The molecule has 0 saturated carbocycles. The van der Waals surface area contributed by atoms with E-state index in [2.05, 4.69) is 10.1 Å². The van der Waals surface area contributed by atoms with Gasteiger partial charge in [0.15, 0.2) is 0 Å². The lowest BCUT2D eigenvalue weighted by molar-refractivity contribution is -0.141. The molecule has 0 aliphatic rings. The lowest BCUT2D eigenvalue weighted by Crippen LogP contribution is -2.31. The molecule has 0 aromatic heterocycles. The van der Waals surface area contributed by atoms with Crippen LogP contribution in [0.25, 0.3) is 0 Å². The second-order valence-electron chi connectivity index (χ2n) is 5.26. The van der Waals surface area contributed by atoms with Crippen LogP contribution in [-0.2, 0) is 14.3 Å². The molecule has 0 spiro atoms. The van der Waals surface area contributed by atoms with E-state index in [-0.39, 0.29) is 30.5 Å². The van der Waals surface area contributed by atoms with Crippen molar-refractivity contribution in [2.75, 3.05) is 13.7 Å². The normalized spacial score (nSPS) is 11.6. The number of ether oxygens (including phenoxy) is 1. The van der Waals surface area contributed by atoms with Crippen LogP contribution in [0.1, 0.15) is 23.5 Å². The van der Waals surface area contributed by atoms with Gasteiger partial charge in [-0.1, -0.05) is 35.9 Å². The molecule has 0 radical (unpaired) electrons. The molecule has 2 N–H and O–H groups in total. The Kier molecular flexibility index (Phi) is 6.21. The van der Waals surface area contributed by atoms with Crippen molar-refractivity contribution in [1.82, 2.24) is 5.32 Å². The van der Waals surface area contributed by atoms with Crippen LogP contribution in [0.5, 0.6) is 5.75 Å². The molecule has 2 rings (SSSR count). The minimum absolute atomic E-state index is 0.112. The quantitative estimate of drug-likeness (QED) is 0.788. The summed E-state index contributed by atoms with van der Waals surface area (Å²) >= 11 is 6.05. The van der Waals surface area contributed by atoms with Gasteiger partial charge in [-0.15, -0.1) is 0 Å². The first kappa shape index (κ1) is 17.8. The minimum Gasteiger partial charge on any atom is -0.508 e. The van der Waals surface area contributed by atoms with Crippen molar-refractivity contribution in [2.24, 2.45) is 0 Å². The van der Waals surface area contributed by atoms with E-state index >= 15 is 0 Å². The zero-order valence-electron chi connectivity index (χ0n) is 13.2. The number of methoxy groups -OCH3 is 1. The van der Waals surface area contributed by atoms with E-state index in [1.807, 2.05) is 12.1 Å². The smallest absolute Gasteiger partial charge is 0.325 e. The van der Waals surface area contributed by atoms with E-state index in [0.717, 1.165) is 11.1 Å². The number of nitrogens with one attached hydrogen (secondary N) is 1. The third kappa shape index (κ3) is 4.99. The molecule has 0 aliphatic carbocycles. The number of hydrogen-bond acceptors (Lipinski definition) is 4. The van der Waals surface area contributed by atoms with E-state index < -0.39 is 5.97 Å². The predicted molar refractivity (Wildman–Crippen MR) is 91.0 cm³/mol. The van der Waals surface area contributed by atoms with Gasteiger partial charge in [-0.2, -0.15) is 0 Å². The lowest BCUT2D eigenvalue weighted by Gasteiger charge is -2.18. The number of aromatic hydroxyl groups is 1. The largest absolute Gasteiger partial charge is 0.508 e. The number of halogens is 1. The van der Waals surface area contributed by atoms with Crippen molar-refractivity contribution in [3.8, 4) is 5.75 Å². The molecular formula is C18H18ClNO4. The fourth-order valence-corrected chi connectivity index (χ4v) is 2.59. The Hall–Kier alpha value is -2.53. The molecule has 0 aliphatic heterocycles. The first-order valence-electron chi connectivity index (χ1n) is 7.37. The fraction of sp³-hybridized carbons (Fsp3) is 0.222. The number of phenolic OH excluding ortho intramolecular Hbond substituents is 1. The summed E-state index contributed by atoms with van der Waals surface area (Å²) in [6, 6.07) is 13.9. The molecule has 0 fully saturated rings. The monoisotopic (exact) mass is 347 g/mol. The van der Waals surface area contributed by atoms with Crippen molar-refractivity contribution in [1.29, 1.82) is 0 Å². The minimum atomic E-state index is -0.514. The van der Waals surface area contributed by atoms with Crippen LogP contribution in [0, 0.1) is 0 Å². The summed E-state index contributed by atoms with van der Waals surface area (Å²) in [5.41, 5.74) is 1.63. The summed E-state index contributed by atoms with van der Waals surface area (Å²) in [5.74, 6) is -0.989. The van der Waals surface area contributed by atoms with Crippen LogP contribution in [-0.4, -0.2) is 30.6 Å². The molecule has 6 heteroatoms. The molecule has 0 unspecified atom stereocenters. The Labute approximate surface area is 145 Å². The van der Waals surface area contributed by atoms with Gasteiger partial charge in [0.25, 0.3) is 0 Å². The van der Waals surface area contributed by atoms with Gasteiger partial charge in [-0.25, -0.2) is 0 Å². The summed E-state index contributed by atoms with van der Waals surface area (Å²) in [6.45, 7) is -0.183. The SMILES string of the molecule is COC(=O)CNC(=O)C[C@@H](c1cccc(O)c1)c1cccc(Cl)c1. The molecule has 2 aromatic carbocycles. The number of amides is 1. The number of esters is 1. The maximum Gasteiger partial charge on any atom is 0.325 e. The molecule has 5 nitrogen and oxygen atoms in total. The van der Waals surface area contributed by atoms with Gasteiger partial charge < -0.3 is 15.2 Å². The van der Waals surface area contributed by atoms with Gasteiger partial charge in [0.05, 0.1) is 7.11 Å². The number of hydrogen-bond donors (Lipinski definition) is 2. The second-order valence-corrected chi connectivity index (χ2v) is 5.70. The lowest BCUT2D eigenvalue weighted by atomic mass is 9.88. The zero-order valence-corrected chi connectivity index (χ0v) is 13.9. The Morgan fingerprint density at radius 2 is 1.83 bits per heavy atom. The number of benzene rings is 2. The Morgan fingerprint density at radius 3 is 2.46 bits per heavy atom. The summed E-state index contributed by atoms with van der Waals surface area (Å²) in [7, 11) is 1.26. The summed E-state index contributed by atoms with van der Waals surface area (Å²) in [6.07, 6.45) is 0.112. The maximum absolute atomic E-state index is 12.2. The topological polar surface area (TPSA) is 75.6 Å². The van der Waals surface area contributed by atoms with E-state index in [4.69, 9.17) is 11.6 Å². The van der Waals surface area contributed by atoms with Crippen molar-refractivity contribution in [3.05, 3.63) is 64.7 Å². The molecule has 2 aromatic rings. The molecule has 126 valence electrons. The second kappa shape index (κ2) is 8.36. The first-order chi connectivity index (χ1) is 11.5. The van der Waals surface area contributed by atoms with E-state index in [1.54, 1.807) is 36.4 Å². The third-order valence-electron chi connectivity index (χ3n) is 3.57. The fourth-order valence-electron chi connectivity index (χ4n) is 2.39. The van der Waals surface area contributed by atoms with Gasteiger partial charge in [0, 0.05) is 17.4 Å². The number of carbonyl (C=O) groups is 2. The van der Waals surface area contributed by atoms with Gasteiger partial charge >= 0.3 is 5.97 Å². The molecular weight excluding hydrogens is 330 g/mol. The summed E-state index contributed by atoms with van der Waals surface area (Å²) in [5, 5.41) is 12.8. The van der Waals surface area contributed by atoms with Crippen LogP contribution in [0.4, 0.5) is 0 Å². The number of phenols is 1. The van der Waals surface area contributed by atoms with Crippen LogP contribution in [0.15, 0.2) is 48.5 Å². The van der Waals surface area contributed by atoms with Crippen LogP contribution in [0.3, 0.4) is 0 Å². The first-order valence-corrected chi connectivity index (χ1v) is 7.75. The van der Waals surface area contributed by atoms with Crippen LogP contribution < -0.4 is 5.32 Å². The highest BCUT2D eigenvalue weighted by molar-refractivity contribution is 6.30. The average Bonchev–Trinajstić information content (AvgIpc) is 2.57. The summed E-state index contributed by atoms with van der Waals surface area (Å²) < 4.78 is 4.50. The van der Waals surface area contributed by atoms with Crippen molar-refractivity contribution < 1.29 is 19.4 Å². The van der Waals surface area contributed by atoms with Crippen molar-refractivity contribution >= 4 is 23.5 Å². The molecule has 24 heavy (non-hydrogen) atoms. The van der Waals surface area contributed by atoms with Crippen molar-refractivity contribution in [3.63, 3.8) is 0 Å². The van der Waals surface area contributed by atoms with E-state index in [9.17, 15) is 14.7 Å². The Morgan fingerprint density at radius 1 is 1.17 bits per heavy atom. The predicted octanol–water partition coefficient (Wildman–Crippen LogP) is 2.86. The molecule has 1 atom stereocenters. The molecule has 0 bridgehead atoms. The van der Waals surface area contributed by atoms with Gasteiger partial charge in [0.2, 0.25) is 5.91 Å². The van der Waals surface area contributed by atoms with E-state index in [1.165, 1.54) is 7.11 Å². The number of rotatable bonds is 6. The zero-order chi connectivity index (χ0) is 17.5. The maximum atomic E-state index is 12.2. The summed E-state index contributed by atoms with van der Waals surface area (Å²) in [4.78, 5) is 23.3. The number of carbonyl (C=O) groups excluding carboxylic acids is 2. The van der Waals surface area contributed by atoms with Gasteiger partial charge in [-0.3, -0.25) is 9.59 Å². The van der Waals surface area contributed by atoms with Gasteiger partial charge in [0.1, 0.15) is 12.3 Å². The average molecular weight is 348 g/mol.